The van der Waals surface area contributed by atoms with Crippen LogP contribution in [-0.4, -0.2) is 56.7 Å². The fourth-order valence-corrected chi connectivity index (χ4v) is 5.45. The number of ether oxygens (including phenoxy) is 1. The van der Waals surface area contributed by atoms with E-state index in [2.05, 4.69) is 31.2 Å². The maximum atomic E-state index is 12.8. The minimum atomic E-state index is -0.638. The van der Waals surface area contributed by atoms with Gasteiger partial charge in [-0.1, -0.05) is 6.92 Å². The quantitative estimate of drug-likeness (QED) is 0.353. The minimum Gasteiger partial charge on any atom is -0.460 e. The lowest BCUT2D eigenvalue weighted by Crippen LogP contribution is -2.43. The number of aryl methyl sites for hydroxylation is 3. The minimum absolute atomic E-state index is 0.0630. The van der Waals surface area contributed by atoms with Gasteiger partial charge >= 0.3 is 0 Å². The van der Waals surface area contributed by atoms with Crippen molar-refractivity contribution < 1.29 is 23.8 Å². The number of nitrogens with zero attached hydrogens (tertiary/aromatic N) is 3. The number of hydrogen-bond donors (Lipinski definition) is 2. The molecule has 206 valence electrons. The maximum absolute atomic E-state index is 12.8. The number of fused-ring (bicyclic) bond motifs is 2. The molecule has 9 heteroatoms. The maximum Gasteiger partial charge on any atom is 0.255 e. The van der Waals surface area contributed by atoms with Crippen LogP contribution < -0.4 is 10.1 Å². The third kappa shape index (κ3) is 5.49. The summed E-state index contributed by atoms with van der Waals surface area (Å²) < 4.78 is 13.9. The Kier molecular flexibility index (Phi) is 7.11. The van der Waals surface area contributed by atoms with Crippen molar-refractivity contribution in [3.05, 3.63) is 59.1 Å². The summed E-state index contributed by atoms with van der Waals surface area (Å²) in [6.45, 7) is 11.1. The highest BCUT2D eigenvalue weighted by Crippen LogP contribution is 2.34. The second-order valence-electron chi connectivity index (χ2n) is 11.3. The molecule has 1 saturated heterocycles. The monoisotopic (exact) mass is 532 g/mol. The van der Waals surface area contributed by atoms with Crippen LogP contribution in [-0.2, 0) is 4.79 Å². The van der Waals surface area contributed by atoms with Crippen molar-refractivity contribution in [1.29, 1.82) is 0 Å². The van der Waals surface area contributed by atoms with E-state index in [1.165, 1.54) is 0 Å². The molecule has 1 atom stereocenters. The number of hydrogen-bond acceptors (Lipinski definition) is 6. The summed E-state index contributed by atoms with van der Waals surface area (Å²) in [5.74, 6) is 2.63. The van der Waals surface area contributed by atoms with Crippen molar-refractivity contribution in [2.24, 2.45) is 5.92 Å². The SMILES string of the molecule is CC1(O)CCN(C=O)C1.Cc1cn2nccc(Oc3ccc4c(C(=O)NC5CC(C)C5)c(C)oc4c3)c2c1C. The molecule has 2 fully saturated rings. The lowest BCUT2D eigenvalue weighted by molar-refractivity contribution is -0.118. The predicted molar refractivity (Wildman–Crippen MR) is 148 cm³/mol. The number of amides is 2. The van der Waals surface area contributed by atoms with Crippen LogP contribution in [0.3, 0.4) is 0 Å². The second kappa shape index (κ2) is 10.4. The van der Waals surface area contributed by atoms with E-state index in [9.17, 15) is 14.7 Å². The number of likely N-dealkylation sites (tertiary alicyclic amines) is 1. The molecule has 6 rings (SSSR count). The van der Waals surface area contributed by atoms with E-state index in [1.807, 2.05) is 41.9 Å². The highest BCUT2D eigenvalue weighted by molar-refractivity contribution is 6.07. The predicted octanol–water partition coefficient (Wildman–Crippen LogP) is 4.93. The molecule has 1 saturated carbocycles. The van der Waals surface area contributed by atoms with Crippen LogP contribution in [0.2, 0.25) is 0 Å². The van der Waals surface area contributed by atoms with E-state index in [0.717, 1.165) is 47.0 Å². The van der Waals surface area contributed by atoms with E-state index in [4.69, 9.17) is 9.15 Å². The van der Waals surface area contributed by atoms with Crippen LogP contribution in [0.5, 0.6) is 11.5 Å². The van der Waals surface area contributed by atoms with Gasteiger partial charge in [-0.15, -0.1) is 0 Å². The molecule has 2 amide bonds. The lowest BCUT2D eigenvalue weighted by Gasteiger charge is -2.33. The summed E-state index contributed by atoms with van der Waals surface area (Å²) in [7, 11) is 0. The van der Waals surface area contributed by atoms with Gasteiger partial charge < -0.3 is 24.5 Å². The van der Waals surface area contributed by atoms with Gasteiger partial charge in [0.15, 0.2) is 5.75 Å². The fraction of sp³-hybridized carbons (Fsp3) is 0.433. The molecule has 2 aliphatic rings. The topological polar surface area (TPSA) is 109 Å². The largest absolute Gasteiger partial charge is 0.460 e. The number of aromatic nitrogens is 2. The van der Waals surface area contributed by atoms with E-state index in [-0.39, 0.29) is 11.9 Å². The van der Waals surface area contributed by atoms with Crippen LogP contribution in [0.1, 0.15) is 60.4 Å². The summed E-state index contributed by atoms with van der Waals surface area (Å²) in [5, 5.41) is 17.6. The zero-order chi connectivity index (χ0) is 27.9. The molecule has 1 aliphatic carbocycles. The van der Waals surface area contributed by atoms with Gasteiger partial charge in [-0.05, 0) is 76.1 Å². The lowest BCUT2D eigenvalue weighted by atomic mass is 9.82. The molecule has 1 aromatic carbocycles. The molecule has 1 aliphatic heterocycles. The number of β-amino-alcohol motifs (C(OH)–C–C–N with tert-alkyl or cyclic N) is 1. The molecule has 2 N–H and O–H groups in total. The highest BCUT2D eigenvalue weighted by Gasteiger charge is 2.30. The molecule has 0 spiro atoms. The van der Waals surface area contributed by atoms with Gasteiger partial charge in [-0.25, -0.2) is 4.52 Å². The molecule has 39 heavy (non-hydrogen) atoms. The van der Waals surface area contributed by atoms with Crippen LogP contribution in [0.15, 0.2) is 41.1 Å². The van der Waals surface area contributed by atoms with E-state index >= 15 is 0 Å². The summed E-state index contributed by atoms with van der Waals surface area (Å²) in [6.07, 6.45) is 7.27. The molecule has 4 aromatic rings. The van der Waals surface area contributed by atoms with Crippen molar-refractivity contribution in [2.75, 3.05) is 13.1 Å². The number of carbonyl (C=O) groups excluding carboxylic acids is 2. The standard InChI is InChI=1S/C24H25N3O3.C6H11NO2/c1-13-9-17(10-13)26-24(28)22-16(4)29-21-11-18(5-6-19(21)22)30-20-7-8-25-27-12-14(2)15(3)23(20)27;1-6(9)2-3-7(4-6)5-8/h5-8,11-13,17H,9-10H2,1-4H3,(H,26,28);5,9H,2-4H2,1H3. The zero-order valence-electron chi connectivity index (χ0n) is 23.2. The van der Waals surface area contributed by atoms with Crippen LogP contribution >= 0.6 is 0 Å². The first-order chi connectivity index (χ1) is 18.5. The first kappa shape index (κ1) is 26.7. The van der Waals surface area contributed by atoms with E-state index in [0.29, 0.717) is 48.1 Å². The number of rotatable bonds is 5. The molecule has 3 aromatic heterocycles. The Morgan fingerprint density at radius 1 is 1.26 bits per heavy atom. The van der Waals surface area contributed by atoms with Gasteiger partial charge in [-0.3, -0.25) is 9.59 Å². The van der Waals surface area contributed by atoms with Crippen molar-refractivity contribution in [2.45, 2.75) is 65.5 Å². The zero-order valence-corrected chi connectivity index (χ0v) is 23.2. The first-order valence-corrected chi connectivity index (χ1v) is 13.4. The average Bonchev–Trinajstić information content (AvgIpc) is 3.49. The molecule has 4 heterocycles. The van der Waals surface area contributed by atoms with Crippen molar-refractivity contribution in [1.82, 2.24) is 19.8 Å². The van der Waals surface area contributed by atoms with Gasteiger partial charge in [-0.2, -0.15) is 5.10 Å². The normalized spacial score (nSPS) is 22.4. The van der Waals surface area contributed by atoms with Gasteiger partial charge in [0.25, 0.3) is 5.91 Å². The molecule has 0 bridgehead atoms. The third-order valence-corrected chi connectivity index (χ3v) is 7.77. The summed E-state index contributed by atoms with van der Waals surface area (Å²) in [5.41, 5.74) is 3.86. The summed E-state index contributed by atoms with van der Waals surface area (Å²) in [4.78, 5) is 24.5. The highest BCUT2D eigenvalue weighted by atomic mass is 16.5. The second-order valence-corrected chi connectivity index (χ2v) is 11.3. The van der Waals surface area contributed by atoms with Crippen molar-refractivity contribution in [3.63, 3.8) is 0 Å². The van der Waals surface area contributed by atoms with Crippen LogP contribution in [0.25, 0.3) is 16.5 Å². The average molecular weight is 533 g/mol. The Morgan fingerprint density at radius 3 is 2.67 bits per heavy atom. The Hall–Kier alpha value is -3.85. The number of furan rings is 1. The third-order valence-electron chi connectivity index (χ3n) is 7.77. The smallest absolute Gasteiger partial charge is 0.255 e. The van der Waals surface area contributed by atoms with Crippen LogP contribution in [0, 0.1) is 26.7 Å². The Morgan fingerprint density at radius 2 is 2.03 bits per heavy atom. The van der Waals surface area contributed by atoms with E-state index < -0.39 is 5.60 Å². The van der Waals surface area contributed by atoms with Gasteiger partial charge in [0.1, 0.15) is 22.6 Å². The van der Waals surface area contributed by atoms with Crippen molar-refractivity contribution >= 4 is 28.8 Å². The first-order valence-electron chi connectivity index (χ1n) is 13.4. The number of carbonyl (C=O) groups is 2. The number of aliphatic hydroxyl groups is 1. The number of nitrogens with one attached hydrogen (secondary N) is 1. The Labute approximate surface area is 227 Å². The summed E-state index contributed by atoms with van der Waals surface area (Å²) in [6, 6.07) is 7.74. The molecule has 0 radical (unpaired) electrons. The molecule has 9 nitrogen and oxygen atoms in total. The Bertz CT molecular complexity index is 1530. The van der Waals surface area contributed by atoms with Crippen LogP contribution in [0.4, 0.5) is 0 Å². The van der Waals surface area contributed by atoms with E-state index in [1.54, 1.807) is 18.0 Å². The van der Waals surface area contributed by atoms with Crippen molar-refractivity contribution in [3.8, 4) is 11.5 Å². The Balaban J connectivity index is 0.000000292. The molecular formula is C30H36N4O5. The van der Waals surface area contributed by atoms with Gasteiger partial charge in [0.2, 0.25) is 6.41 Å². The van der Waals surface area contributed by atoms with Gasteiger partial charge in [0, 0.05) is 42.8 Å². The van der Waals surface area contributed by atoms with Gasteiger partial charge in [0.05, 0.1) is 17.4 Å². The molecular weight excluding hydrogens is 496 g/mol. The molecule has 1 unspecified atom stereocenters. The number of benzene rings is 1. The summed E-state index contributed by atoms with van der Waals surface area (Å²) >= 11 is 0. The fourth-order valence-electron chi connectivity index (χ4n) is 5.45.